The Kier molecular flexibility index (Phi) is 9.25. The minimum atomic E-state index is -0.128. The van der Waals surface area contributed by atoms with E-state index in [1.54, 1.807) is 18.2 Å². The van der Waals surface area contributed by atoms with Crippen LogP contribution in [0.25, 0.3) is 17.2 Å². The lowest BCUT2D eigenvalue weighted by molar-refractivity contribution is -0.870. The average Bonchev–Trinajstić information content (AvgIpc) is 2.71. The number of rotatable bonds is 8. The van der Waals surface area contributed by atoms with Gasteiger partial charge in [-0.1, -0.05) is 47.5 Å². The number of anilines is 1. The Morgan fingerprint density at radius 1 is 0.939 bits per heavy atom. The molecule has 4 nitrogen and oxygen atoms in total. The maximum atomic E-state index is 12.7. The summed E-state index contributed by atoms with van der Waals surface area (Å²) < 4.78 is 6.93. The molecule has 0 aliphatic carbocycles. The molecule has 0 aliphatic heterocycles. The molecule has 0 heterocycles. The number of para-hydroxylation sites is 1. The summed E-state index contributed by atoms with van der Waals surface area (Å²) in [5.41, 5.74) is 12.5. The van der Waals surface area contributed by atoms with E-state index in [4.69, 9.17) is 10.5 Å². The lowest BCUT2D eigenvalue weighted by atomic mass is 9.98. The Bertz CT molecular complexity index is 1130. The zero-order chi connectivity index (χ0) is 23.3. The highest BCUT2D eigenvalue weighted by Gasteiger charge is 2.11. The van der Waals surface area contributed by atoms with E-state index in [1.165, 1.54) is 11.1 Å². The van der Waals surface area contributed by atoms with Gasteiger partial charge >= 0.3 is 0 Å². The summed E-state index contributed by atoms with van der Waals surface area (Å²) in [5.74, 6) is 0.633. The van der Waals surface area contributed by atoms with Crippen LogP contribution in [0.2, 0.25) is 0 Å². The van der Waals surface area contributed by atoms with E-state index in [2.05, 4.69) is 65.3 Å². The topological polar surface area (TPSA) is 52.3 Å². The highest BCUT2D eigenvalue weighted by atomic mass is 127. The summed E-state index contributed by atoms with van der Waals surface area (Å²) in [4.78, 5) is 12.7. The van der Waals surface area contributed by atoms with Gasteiger partial charge in [-0.15, -0.1) is 0 Å². The molecule has 0 bridgehead atoms. The summed E-state index contributed by atoms with van der Waals surface area (Å²) in [6.45, 7) is 5.67. The molecule has 5 heteroatoms. The summed E-state index contributed by atoms with van der Waals surface area (Å²) >= 11 is 0. The summed E-state index contributed by atoms with van der Waals surface area (Å²) in [7, 11) is 6.41. The number of quaternary nitrogens is 1. The third-order valence-corrected chi connectivity index (χ3v) is 5.22. The molecule has 0 saturated heterocycles. The van der Waals surface area contributed by atoms with Gasteiger partial charge in [0.25, 0.3) is 0 Å². The number of benzene rings is 3. The van der Waals surface area contributed by atoms with Gasteiger partial charge in [0.1, 0.15) is 18.9 Å². The molecule has 33 heavy (non-hydrogen) atoms. The fourth-order valence-corrected chi connectivity index (χ4v) is 3.54. The molecular formula is C28H33IN2O2. The molecule has 0 spiro atoms. The van der Waals surface area contributed by atoms with Gasteiger partial charge in [0.15, 0.2) is 5.78 Å². The van der Waals surface area contributed by atoms with Crippen molar-refractivity contribution in [3.63, 3.8) is 0 Å². The van der Waals surface area contributed by atoms with Gasteiger partial charge in [-0.25, -0.2) is 0 Å². The lowest BCUT2D eigenvalue weighted by Crippen LogP contribution is -3.00. The van der Waals surface area contributed by atoms with Gasteiger partial charge < -0.3 is 38.9 Å². The highest BCUT2D eigenvalue weighted by Crippen LogP contribution is 2.29. The largest absolute Gasteiger partial charge is 1.00 e. The van der Waals surface area contributed by atoms with Crippen LogP contribution >= 0.6 is 0 Å². The molecule has 0 aromatic heterocycles. The Balaban J connectivity index is 0.00000385. The van der Waals surface area contributed by atoms with E-state index in [0.29, 0.717) is 17.9 Å². The van der Waals surface area contributed by atoms with Crippen molar-refractivity contribution < 1.29 is 38.0 Å². The Morgan fingerprint density at radius 3 is 2.24 bits per heavy atom. The van der Waals surface area contributed by atoms with Crippen molar-refractivity contribution in [1.29, 1.82) is 0 Å². The number of aryl methyl sites for hydroxylation is 2. The third-order valence-electron chi connectivity index (χ3n) is 5.22. The number of ketones is 1. The zero-order valence-corrected chi connectivity index (χ0v) is 22.2. The van der Waals surface area contributed by atoms with Crippen molar-refractivity contribution in [3.8, 4) is 16.9 Å². The van der Waals surface area contributed by atoms with Gasteiger partial charge in [0.05, 0.1) is 21.1 Å². The first kappa shape index (κ1) is 26.6. The highest BCUT2D eigenvalue weighted by molar-refractivity contribution is 6.10. The number of carbonyl (C=O) groups excluding carboxylic acids is 1. The number of nitrogens with zero attached hydrogens (tertiary/aromatic N) is 1. The number of carbonyl (C=O) groups is 1. The number of hydrogen-bond acceptors (Lipinski definition) is 3. The number of nitrogen functional groups attached to an aromatic ring is 1. The van der Waals surface area contributed by atoms with E-state index in [0.717, 1.165) is 33.5 Å². The number of allylic oxidation sites excluding steroid dienone is 1. The van der Waals surface area contributed by atoms with Crippen LogP contribution in [-0.4, -0.2) is 44.6 Å². The first-order chi connectivity index (χ1) is 15.1. The molecule has 0 atom stereocenters. The van der Waals surface area contributed by atoms with Crippen LogP contribution in [0.3, 0.4) is 0 Å². The van der Waals surface area contributed by atoms with E-state index < -0.39 is 0 Å². The fourth-order valence-electron chi connectivity index (χ4n) is 3.54. The van der Waals surface area contributed by atoms with Crippen LogP contribution in [0.5, 0.6) is 5.75 Å². The van der Waals surface area contributed by atoms with E-state index >= 15 is 0 Å². The second-order valence-corrected chi connectivity index (χ2v) is 9.28. The van der Waals surface area contributed by atoms with Crippen molar-refractivity contribution in [2.24, 2.45) is 0 Å². The van der Waals surface area contributed by atoms with Crippen molar-refractivity contribution in [2.45, 2.75) is 13.8 Å². The van der Waals surface area contributed by atoms with Crippen LogP contribution in [0.1, 0.15) is 27.0 Å². The summed E-state index contributed by atoms with van der Waals surface area (Å²) in [6, 6.07) is 19.8. The van der Waals surface area contributed by atoms with E-state index in [-0.39, 0.29) is 29.8 Å². The Labute approximate surface area is 214 Å². The molecular weight excluding hydrogens is 523 g/mol. The van der Waals surface area contributed by atoms with Crippen molar-refractivity contribution in [2.75, 3.05) is 40.0 Å². The Morgan fingerprint density at radius 2 is 1.61 bits per heavy atom. The van der Waals surface area contributed by atoms with Gasteiger partial charge in [-0.3, -0.25) is 4.79 Å². The minimum absolute atomic E-state index is 0. The number of halogens is 1. The predicted octanol–water partition coefficient (Wildman–Crippen LogP) is 2.54. The molecule has 2 N–H and O–H groups in total. The third kappa shape index (κ3) is 7.72. The molecule has 0 fully saturated rings. The minimum Gasteiger partial charge on any atom is -1.00 e. The quantitative estimate of drug-likeness (QED) is 0.153. The first-order valence-corrected chi connectivity index (χ1v) is 10.9. The molecule has 0 radical (unpaired) electrons. The predicted molar refractivity (Wildman–Crippen MR) is 134 cm³/mol. The molecule has 174 valence electrons. The molecule has 0 saturated carbocycles. The Hall–Kier alpha value is -2.64. The second-order valence-electron chi connectivity index (χ2n) is 9.28. The molecule has 0 unspecified atom stereocenters. The average molecular weight is 556 g/mol. The van der Waals surface area contributed by atoms with Gasteiger partial charge in [0, 0.05) is 16.8 Å². The number of likely N-dealkylation sites (N-methyl/N-ethyl adjacent to an activating group) is 1. The van der Waals surface area contributed by atoms with Crippen LogP contribution in [0.15, 0.2) is 66.7 Å². The van der Waals surface area contributed by atoms with Crippen LogP contribution in [-0.2, 0) is 0 Å². The van der Waals surface area contributed by atoms with Gasteiger partial charge in [0.2, 0.25) is 0 Å². The van der Waals surface area contributed by atoms with Crippen LogP contribution in [0.4, 0.5) is 5.69 Å². The molecule has 0 aliphatic rings. The molecule has 3 rings (SSSR count). The number of ether oxygens (including phenoxy) is 1. The second kappa shape index (κ2) is 11.5. The van der Waals surface area contributed by atoms with Gasteiger partial charge in [-0.05, 0) is 61.4 Å². The maximum absolute atomic E-state index is 12.7. The molecule has 3 aromatic carbocycles. The van der Waals surface area contributed by atoms with Gasteiger partial charge in [-0.2, -0.15) is 0 Å². The standard InChI is InChI=1S/C28H32N2O2.HI/c1-20-16-21(2)18-24(17-20)22-11-13-28(32-15-14-30(3,4)5)23(19-22)10-12-27(31)25-8-6-7-9-26(25)29;/h6-13,16-19H,14-15H2,1-5H3,(H-,29,31);1H/b12-10+;. The van der Waals surface area contributed by atoms with E-state index in [9.17, 15) is 4.79 Å². The lowest BCUT2D eigenvalue weighted by Gasteiger charge is -2.24. The molecule has 0 amide bonds. The van der Waals surface area contributed by atoms with E-state index in [1.807, 2.05) is 24.3 Å². The van der Waals surface area contributed by atoms with Crippen molar-refractivity contribution >= 4 is 17.5 Å². The summed E-state index contributed by atoms with van der Waals surface area (Å²) in [5, 5.41) is 0. The number of hydrogen-bond donors (Lipinski definition) is 1. The first-order valence-electron chi connectivity index (χ1n) is 10.9. The molecule has 3 aromatic rings. The smallest absolute Gasteiger partial charge is 0.187 e. The van der Waals surface area contributed by atoms with Crippen LogP contribution < -0.4 is 34.4 Å². The SMILES string of the molecule is Cc1cc(C)cc(-c2ccc(OCC[N+](C)(C)C)c(/C=C/C(=O)c3ccccc3N)c2)c1.[I-]. The van der Waals surface area contributed by atoms with Crippen LogP contribution in [0, 0.1) is 13.8 Å². The number of nitrogens with two attached hydrogens (primary N) is 1. The fraction of sp³-hybridized carbons (Fsp3) is 0.250. The zero-order valence-electron chi connectivity index (χ0n) is 20.1. The van der Waals surface area contributed by atoms with Crippen molar-refractivity contribution in [3.05, 3.63) is 89.0 Å². The normalized spacial score (nSPS) is 11.3. The monoisotopic (exact) mass is 556 g/mol. The summed E-state index contributed by atoms with van der Waals surface area (Å²) in [6.07, 6.45) is 3.39. The maximum Gasteiger partial charge on any atom is 0.187 e. The van der Waals surface area contributed by atoms with Crippen molar-refractivity contribution in [1.82, 2.24) is 0 Å².